The van der Waals surface area contributed by atoms with Crippen molar-refractivity contribution >= 4 is 15.9 Å². The number of hydrogen-bond donors (Lipinski definition) is 2. The van der Waals surface area contributed by atoms with Gasteiger partial charge < -0.3 is 9.73 Å². The van der Waals surface area contributed by atoms with Crippen LogP contribution in [0.3, 0.4) is 0 Å². The minimum absolute atomic E-state index is 0.0129. The predicted molar refractivity (Wildman–Crippen MR) is 99.5 cm³/mol. The van der Waals surface area contributed by atoms with Gasteiger partial charge in [-0.25, -0.2) is 8.42 Å². The van der Waals surface area contributed by atoms with Crippen molar-refractivity contribution in [1.82, 2.24) is 10.2 Å². The van der Waals surface area contributed by atoms with Crippen LogP contribution in [0.25, 0.3) is 0 Å². The Kier molecular flexibility index (Phi) is 5.16. The van der Waals surface area contributed by atoms with Gasteiger partial charge in [0.25, 0.3) is 15.9 Å². The lowest BCUT2D eigenvalue weighted by Gasteiger charge is -2.34. The van der Waals surface area contributed by atoms with Gasteiger partial charge in [-0.2, -0.15) is 0 Å². The van der Waals surface area contributed by atoms with Crippen LogP contribution in [0.5, 0.6) is 0 Å². The fourth-order valence-electron chi connectivity index (χ4n) is 3.50. The molecule has 0 spiro atoms. The lowest BCUT2D eigenvalue weighted by molar-refractivity contribution is 0.0917. The third-order valence-corrected chi connectivity index (χ3v) is 5.94. The molecule has 0 saturated carbocycles. The Balaban J connectivity index is 1.79. The number of carbonyl (C=O) groups is 1. The van der Waals surface area contributed by atoms with Crippen LogP contribution in [0.4, 0.5) is 0 Å². The van der Waals surface area contributed by atoms with Gasteiger partial charge in [0, 0.05) is 17.5 Å². The molecule has 3 rings (SSSR count). The predicted octanol–water partition coefficient (Wildman–Crippen LogP) is 2.87. The van der Waals surface area contributed by atoms with Crippen LogP contribution in [-0.4, -0.2) is 21.4 Å². The molecule has 1 aromatic carbocycles. The molecular formula is C19H24N2O5S. The highest BCUT2D eigenvalue weighted by molar-refractivity contribution is 7.89. The third-order valence-electron chi connectivity index (χ3n) is 4.66. The summed E-state index contributed by atoms with van der Waals surface area (Å²) in [4.78, 5) is 19.1. The fourth-order valence-corrected chi connectivity index (χ4v) is 4.31. The molecule has 1 aromatic heterocycles. The van der Waals surface area contributed by atoms with E-state index in [0.717, 1.165) is 29.9 Å². The number of benzene rings is 1. The van der Waals surface area contributed by atoms with Gasteiger partial charge in [0.05, 0.1) is 18.0 Å². The second-order valence-electron chi connectivity index (χ2n) is 7.62. The lowest BCUT2D eigenvalue weighted by Crippen LogP contribution is -2.36. The quantitative estimate of drug-likeness (QED) is 0.763. The topological polar surface area (TPSA) is 97.6 Å². The minimum atomic E-state index is -3.75. The first-order valence-corrected chi connectivity index (χ1v) is 10.1. The summed E-state index contributed by atoms with van der Waals surface area (Å²) >= 11 is 0. The number of hydrogen-bond acceptors (Lipinski definition) is 5. The number of amides is 1. The number of aryl methyl sites for hydroxylation is 1. The van der Waals surface area contributed by atoms with E-state index in [1.54, 1.807) is 0 Å². The molecule has 0 radical (unpaired) electrons. The minimum Gasteiger partial charge on any atom is -0.466 e. The molecule has 1 aliphatic carbocycles. The van der Waals surface area contributed by atoms with Crippen LogP contribution in [0, 0.1) is 12.3 Å². The van der Waals surface area contributed by atoms with E-state index in [2.05, 4.69) is 24.0 Å². The van der Waals surface area contributed by atoms with E-state index in [1.165, 1.54) is 31.4 Å². The number of fused-ring (bicyclic) bond motifs is 1. The van der Waals surface area contributed by atoms with Gasteiger partial charge in [-0.3, -0.25) is 9.63 Å². The summed E-state index contributed by atoms with van der Waals surface area (Å²) in [6.07, 6.45) is 1.64. The molecule has 0 aliphatic heterocycles. The van der Waals surface area contributed by atoms with E-state index in [0.29, 0.717) is 5.56 Å². The van der Waals surface area contributed by atoms with Gasteiger partial charge in [0.1, 0.15) is 11.5 Å². The van der Waals surface area contributed by atoms with E-state index >= 15 is 0 Å². The number of furan rings is 1. The standard InChI is InChI=1S/C19H24N2O5S/c1-12-9-15-16(10-19(2,3)11-17(15)26-12)20-18(22)13-5-7-14(8-6-13)27(23,24)21-25-4/h5-9,16,21H,10-11H2,1-4H3,(H,20,22)/t16-/m1/s1. The van der Waals surface area contributed by atoms with Crippen LogP contribution in [0.15, 0.2) is 39.6 Å². The molecule has 1 amide bonds. The van der Waals surface area contributed by atoms with Crippen molar-refractivity contribution in [3.05, 3.63) is 53.0 Å². The van der Waals surface area contributed by atoms with Crippen LogP contribution >= 0.6 is 0 Å². The van der Waals surface area contributed by atoms with E-state index in [-0.39, 0.29) is 22.3 Å². The Bertz CT molecular complexity index is 945. The summed E-state index contributed by atoms with van der Waals surface area (Å²) in [5, 5.41) is 3.05. The Morgan fingerprint density at radius 3 is 2.56 bits per heavy atom. The third kappa shape index (κ3) is 4.23. The first-order valence-electron chi connectivity index (χ1n) is 8.66. The molecule has 0 bridgehead atoms. The fraction of sp³-hybridized carbons (Fsp3) is 0.421. The van der Waals surface area contributed by atoms with E-state index < -0.39 is 10.0 Å². The summed E-state index contributed by atoms with van der Waals surface area (Å²) in [7, 11) is -2.53. The SMILES string of the molecule is CONS(=O)(=O)c1ccc(C(=O)N[C@@H]2CC(C)(C)Cc3oc(C)cc32)cc1. The van der Waals surface area contributed by atoms with Gasteiger partial charge >= 0.3 is 0 Å². The maximum Gasteiger partial charge on any atom is 0.262 e. The van der Waals surface area contributed by atoms with Gasteiger partial charge in [-0.15, -0.1) is 0 Å². The smallest absolute Gasteiger partial charge is 0.262 e. The van der Waals surface area contributed by atoms with E-state index in [9.17, 15) is 13.2 Å². The highest BCUT2D eigenvalue weighted by Crippen LogP contribution is 2.42. The molecule has 7 nitrogen and oxygen atoms in total. The largest absolute Gasteiger partial charge is 0.466 e. The average molecular weight is 392 g/mol. The van der Waals surface area contributed by atoms with Crippen molar-refractivity contribution < 1.29 is 22.5 Å². The van der Waals surface area contributed by atoms with Gasteiger partial charge in [0.15, 0.2) is 0 Å². The number of sulfonamides is 1. The molecule has 1 heterocycles. The highest BCUT2D eigenvalue weighted by Gasteiger charge is 2.35. The zero-order valence-corrected chi connectivity index (χ0v) is 16.6. The van der Waals surface area contributed by atoms with Crippen LogP contribution in [0.1, 0.15) is 53.8 Å². The summed E-state index contributed by atoms with van der Waals surface area (Å²) in [6, 6.07) is 7.53. The normalized spacial score (nSPS) is 18.7. The molecule has 0 saturated heterocycles. The molecule has 0 unspecified atom stereocenters. The molecule has 2 aromatic rings. The summed E-state index contributed by atoms with van der Waals surface area (Å²) in [5.41, 5.74) is 1.42. The van der Waals surface area contributed by atoms with Gasteiger partial charge in [-0.05, 0) is 49.1 Å². The van der Waals surface area contributed by atoms with E-state index in [4.69, 9.17) is 4.42 Å². The summed E-state index contributed by atoms with van der Waals surface area (Å²) in [5.74, 6) is 1.49. The van der Waals surface area contributed by atoms with Gasteiger partial charge in [0.2, 0.25) is 0 Å². The lowest BCUT2D eigenvalue weighted by atomic mass is 9.74. The molecule has 27 heavy (non-hydrogen) atoms. The van der Waals surface area contributed by atoms with Crippen molar-refractivity contribution in [3.63, 3.8) is 0 Å². The number of rotatable bonds is 5. The number of carbonyl (C=O) groups excluding carboxylic acids is 1. The van der Waals surface area contributed by atoms with Crippen LogP contribution < -0.4 is 10.2 Å². The van der Waals surface area contributed by atoms with Crippen LogP contribution in [0.2, 0.25) is 0 Å². The zero-order valence-electron chi connectivity index (χ0n) is 15.8. The second-order valence-corrected chi connectivity index (χ2v) is 9.27. The maximum absolute atomic E-state index is 12.7. The molecule has 8 heteroatoms. The number of nitrogens with one attached hydrogen (secondary N) is 2. The van der Waals surface area contributed by atoms with Crippen molar-refractivity contribution in [1.29, 1.82) is 0 Å². The Labute approximate surface area is 159 Å². The molecular weight excluding hydrogens is 368 g/mol. The molecule has 146 valence electrons. The van der Waals surface area contributed by atoms with Crippen molar-refractivity contribution in [2.75, 3.05) is 7.11 Å². The molecule has 1 atom stereocenters. The zero-order chi connectivity index (χ0) is 19.8. The molecule has 0 fully saturated rings. The average Bonchev–Trinajstić information content (AvgIpc) is 2.94. The second kappa shape index (κ2) is 7.10. The summed E-state index contributed by atoms with van der Waals surface area (Å²) in [6.45, 7) is 6.20. The van der Waals surface area contributed by atoms with E-state index in [1.807, 2.05) is 17.9 Å². The monoisotopic (exact) mass is 392 g/mol. The first-order chi connectivity index (χ1) is 12.6. The van der Waals surface area contributed by atoms with Crippen molar-refractivity contribution in [2.24, 2.45) is 5.41 Å². The van der Waals surface area contributed by atoms with Gasteiger partial charge in [-0.1, -0.05) is 18.7 Å². The maximum atomic E-state index is 12.7. The first kappa shape index (κ1) is 19.6. The molecule has 2 N–H and O–H groups in total. The Morgan fingerprint density at radius 2 is 1.93 bits per heavy atom. The molecule has 1 aliphatic rings. The Hall–Kier alpha value is -2.16. The highest BCUT2D eigenvalue weighted by atomic mass is 32.2. The van der Waals surface area contributed by atoms with Crippen LogP contribution in [-0.2, 0) is 21.3 Å². The van der Waals surface area contributed by atoms with Crippen molar-refractivity contribution in [3.8, 4) is 0 Å². The summed E-state index contributed by atoms with van der Waals surface area (Å²) < 4.78 is 29.6. The Morgan fingerprint density at radius 1 is 1.26 bits per heavy atom. The van der Waals surface area contributed by atoms with Crippen molar-refractivity contribution in [2.45, 2.75) is 44.6 Å².